The third-order valence-corrected chi connectivity index (χ3v) is 4.96. The monoisotopic (exact) mass is 376 g/mol. The second-order valence-electron chi connectivity index (χ2n) is 7.04. The molecule has 0 radical (unpaired) electrons. The molecule has 1 fully saturated rings. The quantitative estimate of drug-likeness (QED) is 0.276. The van der Waals surface area contributed by atoms with Gasteiger partial charge in [0.25, 0.3) is 0 Å². The second-order valence-corrected chi connectivity index (χ2v) is 7.04. The highest BCUT2D eigenvalue weighted by atomic mass is 19.3. The Morgan fingerprint density at radius 3 is 2.19 bits per heavy atom. The Morgan fingerprint density at radius 2 is 1.62 bits per heavy atom. The van der Waals surface area contributed by atoms with Gasteiger partial charge in [-0.3, -0.25) is 0 Å². The third-order valence-electron chi connectivity index (χ3n) is 4.96. The summed E-state index contributed by atoms with van der Waals surface area (Å²) in [6, 6.07) is 1.34. The van der Waals surface area contributed by atoms with Gasteiger partial charge in [-0.2, -0.15) is 8.78 Å². The van der Waals surface area contributed by atoms with E-state index in [4.69, 9.17) is 0 Å². The molecule has 0 aromatic heterocycles. The summed E-state index contributed by atoms with van der Waals surface area (Å²) >= 11 is 0. The summed E-state index contributed by atoms with van der Waals surface area (Å²) in [4.78, 5) is 0. The van der Waals surface area contributed by atoms with Crippen molar-refractivity contribution >= 4 is 0 Å². The first-order valence-corrected chi connectivity index (χ1v) is 9.07. The molecule has 0 atom stereocenters. The molecular formula is C20H25F5O. The van der Waals surface area contributed by atoms with Crippen LogP contribution in [0.15, 0.2) is 24.3 Å². The highest BCUT2D eigenvalue weighted by Crippen LogP contribution is 2.38. The predicted octanol–water partition coefficient (Wildman–Crippen LogP) is 6.77. The lowest BCUT2D eigenvalue weighted by atomic mass is 9.78. The molecule has 2 rings (SSSR count). The highest BCUT2D eigenvalue weighted by molar-refractivity contribution is 5.18. The SMILES string of the molecule is CC=CCC[C@H]1CC[C@H](CC(F)(F)OCc2cc(F)c(F)c(F)c2)CC1. The second kappa shape index (κ2) is 9.49. The Bertz CT molecular complexity index is 583. The van der Waals surface area contributed by atoms with Gasteiger partial charge in [-0.05, 0) is 62.1 Å². The van der Waals surface area contributed by atoms with Crippen LogP contribution in [0.1, 0.15) is 57.4 Å². The van der Waals surface area contributed by atoms with Gasteiger partial charge in [-0.1, -0.05) is 25.0 Å². The van der Waals surface area contributed by atoms with Crippen LogP contribution in [0.4, 0.5) is 22.0 Å². The van der Waals surface area contributed by atoms with E-state index in [0.717, 1.165) is 38.5 Å². The van der Waals surface area contributed by atoms with E-state index >= 15 is 0 Å². The molecule has 0 spiro atoms. The fourth-order valence-corrected chi connectivity index (χ4v) is 3.50. The van der Waals surface area contributed by atoms with Gasteiger partial charge in [0.05, 0.1) is 6.61 Å². The first kappa shape index (κ1) is 20.9. The first-order chi connectivity index (χ1) is 12.3. The lowest BCUT2D eigenvalue weighted by Crippen LogP contribution is -2.27. The molecule has 0 aliphatic heterocycles. The molecule has 1 nitrogen and oxygen atoms in total. The molecule has 1 aliphatic carbocycles. The van der Waals surface area contributed by atoms with Gasteiger partial charge < -0.3 is 4.74 Å². The molecule has 0 amide bonds. The molecule has 1 aliphatic rings. The maximum Gasteiger partial charge on any atom is 0.356 e. The predicted molar refractivity (Wildman–Crippen MR) is 90.2 cm³/mol. The molecule has 146 valence electrons. The molecule has 0 bridgehead atoms. The fourth-order valence-electron chi connectivity index (χ4n) is 3.50. The summed E-state index contributed by atoms with van der Waals surface area (Å²) in [5.41, 5.74) is -0.159. The van der Waals surface area contributed by atoms with E-state index in [1.165, 1.54) is 0 Å². The first-order valence-electron chi connectivity index (χ1n) is 9.07. The van der Waals surface area contributed by atoms with Crippen molar-refractivity contribution in [1.82, 2.24) is 0 Å². The normalized spacial score (nSPS) is 21.5. The van der Waals surface area contributed by atoms with Gasteiger partial charge in [-0.15, -0.1) is 0 Å². The molecule has 1 saturated carbocycles. The lowest BCUT2D eigenvalue weighted by molar-refractivity contribution is -0.256. The van der Waals surface area contributed by atoms with Crippen LogP contribution in [0.25, 0.3) is 0 Å². The average molecular weight is 376 g/mol. The summed E-state index contributed by atoms with van der Waals surface area (Å²) in [5, 5.41) is 0. The number of allylic oxidation sites excluding steroid dienone is 2. The van der Waals surface area contributed by atoms with Crippen molar-refractivity contribution in [2.24, 2.45) is 11.8 Å². The van der Waals surface area contributed by atoms with Gasteiger partial charge in [0, 0.05) is 6.42 Å². The number of hydrogen-bond acceptors (Lipinski definition) is 1. The smallest absolute Gasteiger partial charge is 0.316 e. The average Bonchev–Trinajstić information content (AvgIpc) is 2.59. The van der Waals surface area contributed by atoms with Crippen molar-refractivity contribution in [3.63, 3.8) is 0 Å². The van der Waals surface area contributed by atoms with Crippen LogP contribution >= 0.6 is 0 Å². The van der Waals surface area contributed by atoms with Crippen molar-refractivity contribution in [2.45, 2.75) is 64.6 Å². The van der Waals surface area contributed by atoms with E-state index in [9.17, 15) is 22.0 Å². The molecular weight excluding hydrogens is 351 g/mol. The summed E-state index contributed by atoms with van der Waals surface area (Å²) < 4.78 is 71.7. The molecule has 0 saturated heterocycles. The number of rotatable bonds is 8. The van der Waals surface area contributed by atoms with Crippen molar-refractivity contribution in [3.05, 3.63) is 47.3 Å². The molecule has 0 unspecified atom stereocenters. The molecule has 0 N–H and O–H groups in total. The number of alkyl halides is 2. The Morgan fingerprint density at radius 1 is 1.04 bits per heavy atom. The highest BCUT2D eigenvalue weighted by Gasteiger charge is 2.35. The van der Waals surface area contributed by atoms with E-state index in [2.05, 4.69) is 10.8 Å². The number of ether oxygens (including phenoxy) is 1. The van der Waals surface area contributed by atoms with Crippen LogP contribution < -0.4 is 0 Å². The fraction of sp³-hybridized carbons (Fsp3) is 0.600. The van der Waals surface area contributed by atoms with Crippen LogP contribution in [0.5, 0.6) is 0 Å². The lowest BCUT2D eigenvalue weighted by Gasteiger charge is -2.30. The largest absolute Gasteiger partial charge is 0.356 e. The Hall–Kier alpha value is -1.43. The zero-order valence-electron chi connectivity index (χ0n) is 14.9. The van der Waals surface area contributed by atoms with Gasteiger partial charge >= 0.3 is 6.11 Å². The molecule has 26 heavy (non-hydrogen) atoms. The zero-order chi connectivity index (χ0) is 19.2. The number of benzene rings is 1. The van der Waals surface area contributed by atoms with Crippen LogP contribution in [-0.2, 0) is 11.3 Å². The van der Waals surface area contributed by atoms with E-state index in [-0.39, 0.29) is 11.5 Å². The van der Waals surface area contributed by atoms with Gasteiger partial charge in [0.2, 0.25) is 0 Å². The van der Waals surface area contributed by atoms with E-state index in [1.807, 2.05) is 13.0 Å². The van der Waals surface area contributed by atoms with Gasteiger partial charge in [-0.25, -0.2) is 13.2 Å². The number of halogens is 5. The summed E-state index contributed by atoms with van der Waals surface area (Å²) in [5.74, 6) is -3.98. The topological polar surface area (TPSA) is 9.23 Å². The Kier molecular flexibility index (Phi) is 7.62. The van der Waals surface area contributed by atoms with Crippen LogP contribution in [0.3, 0.4) is 0 Å². The molecule has 0 heterocycles. The summed E-state index contributed by atoms with van der Waals surface area (Å²) in [6.07, 6.45) is 5.82. The molecule has 1 aromatic rings. The minimum Gasteiger partial charge on any atom is -0.316 e. The zero-order valence-corrected chi connectivity index (χ0v) is 14.9. The summed E-state index contributed by atoms with van der Waals surface area (Å²) in [7, 11) is 0. The van der Waals surface area contributed by atoms with Crippen LogP contribution in [0, 0.1) is 29.3 Å². The maximum absolute atomic E-state index is 14.0. The van der Waals surface area contributed by atoms with Crippen molar-refractivity contribution in [1.29, 1.82) is 0 Å². The standard InChI is InChI=1S/C20H25F5O/c1-2-3-4-5-14-6-8-15(9-7-14)12-20(24,25)26-13-16-10-17(21)19(23)18(22)11-16/h2-3,10-11,14-15H,4-9,12-13H2,1H3/t14-,15-. The Labute approximate surface area is 151 Å². The van der Waals surface area contributed by atoms with E-state index < -0.39 is 36.6 Å². The molecule has 1 aromatic carbocycles. The van der Waals surface area contributed by atoms with E-state index in [1.54, 1.807) is 0 Å². The van der Waals surface area contributed by atoms with Gasteiger partial charge in [0.15, 0.2) is 17.5 Å². The summed E-state index contributed by atoms with van der Waals surface area (Å²) in [6.45, 7) is 1.31. The van der Waals surface area contributed by atoms with Crippen molar-refractivity contribution < 1.29 is 26.7 Å². The maximum atomic E-state index is 14.0. The van der Waals surface area contributed by atoms with Crippen molar-refractivity contribution in [3.8, 4) is 0 Å². The van der Waals surface area contributed by atoms with Crippen LogP contribution in [-0.4, -0.2) is 6.11 Å². The van der Waals surface area contributed by atoms with Crippen molar-refractivity contribution in [2.75, 3.05) is 0 Å². The van der Waals surface area contributed by atoms with E-state index in [0.29, 0.717) is 18.1 Å². The third kappa shape index (κ3) is 6.38. The van der Waals surface area contributed by atoms with Gasteiger partial charge in [0.1, 0.15) is 0 Å². The Balaban J connectivity index is 1.78. The minimum atomic E-state index is -3.37. The van der Waals surface area contributed by atoms with Crippen LogP contribution in [0.2, 0.25) is 0 Å². The minimum absolute atomic E-state index is 0.121. The molecule has 6 heteroatoms. The number of hydrogen-bond donors (Lipinski definition) is 0.